The predicted molar refractivity (Wildman–Crippen MR) is 111 cm³/mol. The number of amides is 1. The molecule has 1 aliphatic rings. The molecule has 29 heavy (non-hydrogen) atoms. The molecule has 4 rings (SSSR count). The fourth-order valence-corrected chi connectivity index (χ4v) is 5.37. The van der Waals surface area contributed by atoms with Crippen molar-refractivity contribution >= 4 is 27.0 Å². The molecule has 0 radical (unpaired) electrons. The molecule has 0 spiro atoms. The van der Waals surface area contributed by atoms with Gasteiger partial charge in [-0.1, -0.05) is 17.7 Å². The Morgan fingerprint density at radius 2 is 1.90 bits per heavy atom. The number of carbonyl (C=O) groups is 1. The number of hydrogen-bond acceptors (Lipinski definition) is 4. The topological polar surface area (TPSA) is 95.2 Å². The third kappa shape index (κ3) is 4.04. The van der Waals surface area contributed by atoms with E-state index >= 15 is 0 Å². The molecule has 0 atom stereocenters. The minimum Gasteiger partial charge on any atom is -0.345 e. The van der Waals surface area contributed by atoms with Crippen molar-refractivity contribution in [1.29, 1.82) is 0 Å². The number of hydrogen-bond donors (Lipinski definition) is 2. The van der Waals surface area contributed by atoms with Gasteiger partial charge in [0.25, 0.3) is 5.91 Å². The fourth-order valence-electron chi connectivity index (χ4n) is 3.84. The van der Waals surface area contributed by atoms with Crippen molar-refractivity contribution < 1.29 is 13.2 Å². The number of nitrogens with zero attached hydrogens (tertiary/aromatic N) is 2. The molecule has 1 aromatic heterocycles. The number of aromatic nitrogens is 2. The first kappa shape index (κ1) is 19.6. The van der Waals surface area contributed by atoms with Crippen LogP contribution in [0.1, 0.15) is 34.3 Å². The molecule has 1 amide bonds. The van der Waals surface area contributed by atoms with Gasteiger partial charge in [0.05, 0.1) is 22.3 Å². The smallest absolute Gasteiger partial charge is 0.253 e. The first-order valence-electron chi connectivity index (χ1n) is 9.65. The predicted octanol–water partition coefficient (Wildman–Crippen LogP) is 2.76. The molecule has 1 fully saturated rings. The van der Waals surface area contributed by atoms with Crippen molar-refractivity contribution in [2.45, 2.75) is 37.6 Å². The highest BCUT2D eigenvalue weighted by atomic mass is 32.2. The van der Waals surface area contributed by atoms with Crippen LogP contribution in [0, 0.1) is 13.8 Å². The van der Waals surface area contributed by atoms with Crippen LogP contribution in [0.3, 0.4) is 0 Å². The first-order valence-corrected chi connectivity index (χ1v) is 11.1. The second-order valence-corrected chi connectivity index (χ2v) is 9.27. The zero-order chi connectivity index (χ0) is 20.6. The van der Waals surface area contributed by atoms with Crippen LogP contribution >= 0.6 is 0 Å². The molecule has 0 aliphatic carbocycles. The van der Waals surface area contributed by atoms with E-state index in [1.54, 1.807) is 42.4 Å². The average Bonchev–Trinajstić information content (AvgIpc) is 3.15. The van der Waals surface area contributed by atoms with Gasteiger partial charge < -0.3 is 9.88 Å². The highest BCUT2D eigenvalue weighted by Crippen LogP contribution is 2.21. The minimum absolute atomic E-state index is 0.0443. The molecule has 2 N–H and O–H groups in total. The Morgan fingerprint density at radius 1 is 1.14 bits per heavy atom. The number of H-pyrrole nitrogens is 1. The second kappa shape index (κ2) is 7.61. The van der Waals surface area contributed by atoms with Crippen LogP contribution in [-0.4, -0.2) is 48.3 Å². The van der Waals surface area contributed by atoms with E-state index in [9.17, 15) is 13.2 Å². The summed E-state index contributed by atoms with van der Waals surface area (Å²) in [6.07, 6.45) is 2.77. The number of fused-ring (bicyclic) bond motifs is 1. The molecular weight excluding hydrogens is 388 g/mol. The van der Waals surface area contributed by atoms with Crippen LogP contribution in [-0.2, 0) is 10.0 Å². The average molecular weight is 413 g/mol. The maximum atomic E-state index is 12.8. The molecule has 0 saturated carbocycles. The van der Waals surface area contributed by atoms with E-state index in [4.69, 9.17) is 0 Å². The van der Waals surface area contributed by atoms with Crippen LogP contribution < -0.4 is 4.72 Å². The van der Waals surface area contributed by atoms with Gasteiger partial charge in [-0.2, -0.15) is 0 Å². The lowest BCUT2D eigenvalue weighted by Crippen LogP contribution is -2.46. The van der Waals surface area contributed by atoms with Gasteiger partial charge in [-0.15, -0.1) is 0 Å². The van der Waals surface area contributed by atoms with Crippen molar-refractivity contribution in [1.82, 2.24) is 19.6 Å². The van der Waals surface area contributed by atoms with Gasteiger partial charge in [0.2, 0.25) is 10.0 Å². The van der Waals surface area contributed by atoms with E-state index in [2.05, 4.69) is 14.7 Å². The van der Waals surface area contributed by atoms with Crippen molar-refractivity contribution in [2.24, 2.45) is 0 Å². The molecule has 0 unspecified atom stereocenters. The lowest BCUT2D eigenvalue weighted by Gasteiger charge is -2.32. The summed E-state index contributed by atoms with van der Waals surface area (Å²) in [5.74, 6) is -0.0443. The van der Waals surface area contributed by atoms with Gasteiger partial charge in [-0.3, -0.25) is 4.79 Å². The zero-order valence-corrected chi connectivity index (χ0v) is 17.3. The number of nitrogens with one attached hydrogen (secondary N) is 2. The maximum absolute atomic E-state index is 12.8. The van der Waals surface area contributed by atoms with Crippen molar-refractivity contribution in [3.8, 4) is 0 Å². The summed E-state index contributed by atoms with van der Waals surface area (Å²) in [4.78, 5) is 22.1. The molecule has 0 bridgehead atoms. The fraction of sp³-hybridized carbons (Fsp3) is 0.333. The normalized spacial score (nSPS) is 15.7. The van der Waals surface area contributed by atoms with Crippen molar-refractivity contribution in [3.05, 3.63) is 59.4 Å². The number of imidazole rings is 1. The largest absolute Gasteiger partial charge is 0.345 e. The molecule has 1 saturated heterocycles. The Bertz CT molecular complexity index is 1160. The Balaban J connectivity index is 1.40. The number of carbonyl (C=O) groups excluding carboxylic acids is 1. The number of sulfonamides is 1. The van der Waals surface area contributed by atoms with Crippen molar-refractivity contribution in [2.75, 3.05) is 13.1 Å². The quantitative estimate of drug-likeness (QED) is 0.689. The lowest BCUT2D eigenvalue weighted by molar-refractivity contribution is 0.0711. The number of rotatable bonds is 4. The van der Waals surface area contributed by atoms with Gasteiger partial charge >= 0.3 is 0 Å². The van der Waals surface area contributed by atoms with Gasteiger partial charge in [-0.25, -0.2) is 18.1 Å². The van der Waals surface area contributed by atoms with E-state index in [0.717, 1.165) is 22.2 Å². The van der Waals surface area contributed by atoms with Crippen LogP contribution in [0.2, 0.25) is 0 Å². The summed E-state index contributed by atoms with van der Waals surface area (Å²) in [6.45, 7) is 4.77. The number of benzene rings is 2. The number of piperidine rings is 1. The van der Waals surface area contributed by atoms with Crippen LogP contribution in [0.4, 0.5) is 0 Å². The summed E-state index contributed by atoms with van der Waals surface area (Å²) in [5.41, 5.74) is 4.02. The molecule has 2 aromatic carbocycles. The first-order chi connectivity index (χ1) is 13.8. The van der Waals surface area contributed by atoms with E-state index < -0.39 is 10.0 Å². The summed E-state index contributed by atoms with van der Waals surface area (Å²) >= 11 is 0. The van der Waals surface area contributed by atoms with Crippen LogP contribution in [0.5, 0.6) is 0 Å². The lowest BCUT2D eigenvalue weighted by atomic mass is 10.0. The highest BCUT2D eigenvalue weighted by Gasteiger charge is 2.28. The van der Waals surface area contributed by atoms with Gasteiger partial charge in [0.1, 0.15) is 0 Å². The number of aryl methyl sites for hydroxylation is 2. The van der Waals surface area contributed by atoms with Gasteiger partial charge in [-0.05, 0) is 56.5 Å². The minimum atomic E-state index is -3.58. The summed E-state index contributed by atoms with van der Waals surface area (Å²) < 4.78 is 28.3. The number of likely N-dealkylation sites (tertiary alicyclic amines) is 1. The summed E-state index contributed by atoms with van der Waals surface area (Å²) in [6, 6.07) is 10.5. The van der Waals surface area contributed by atoms with Crippen molar-refractivity contribution in [3.63, 3.8) is 0 Å². The second-order valence-electron chi connectivity index (χ2n) is 7.59. The Kier molecular flexibility index (Phi) is 5.14. The Labute approximate surface area is 170 Å². The van der Waals surface area contributed by atoms with E-state index in [-0.39, 0.29) is 11.9 Å². The summed E-state index contributed by atoms with van der Waals surface area (Å²) in [7, 11) is -3.58. The van der Waals surface area contributed by atoms with Crippen LogP contribution in [0.25, 0.3) is 11.0 Å². The van der Waals surface area contributed by atoms with Crippen LogP contribution in [0.15, 0.2) is 47.6 Å². The molecule has 7 nitrogen and oxygen atoms in total. The molecule has 2 heterocycles. The van der Waals surface area contributed by atoms with Gasteiger partial charge in [0, 0.05) is 24.7 Å². The maximum Gasteiger partial charge on any atom is 0.253 e. The molecule has 3 aromatic rings. The molecule has 8 heteroatoms. The molecular formula is C21H24N4O3S. The SMILES string of the molecule is Cc1ccc(S(=O)(=O)NC2CCN(C(=O)c3ccc4nc[nH]c4c3)CC2)c(C)c1. The van der Waals surface area contributed by atoms with E-state index in [1.807, 2.05) is 19.1 Å². The van der Waals surface area contributed by atoms with E-state index in [1.165, 1.54) is 0 Å². The number of aromatic amines is 1. The van der Waals surface area contributed by atoms with Gasteiger partial charge in [0.15, 0.2) is 0 Å². The molecule has 152 valence electrons. The van der Waals surface area contributed by atoms with E-state index in [0.29, 0.717) is 36.4 Å². The Hall–Kier alpha value is -2.71. The Morgan fingerprint density at radius 3 is 2.62 bits per heavy atom. The highest BCUT2D eigenvalue weighted by molar-refractivity contribution is 7.89. The third-order valence-electron chi connectivity index (χ3n) is 5.39. The summed E-state index contributed by atoms with van der Waals surface area (Å²) in [5, 5.41) is 0. The standard InChI is InChI=1S/C21H24N4O3S/c1-14-3-6-20(15(2)11-14)29(27,28)24-17-7-9-25(10-8-17)21(26)16-4-5-18-19(12-16)23-13-22-18/h3-6,11-13,17,24H,7-10H2,1-2H3,(H,22,23). The third-order valence-corrected chi connectivity index (χ3v) is 7.07. The molecule has 1 aliphatic heterocycles. The zero-order valence-electron chi connectivity index (χ0n) is 16.5. The monoisotopic (exact) mass is 412 g/mol.